The summed E-state index contributed by atoms with van der Waals surface area (Å²) in [4.78, 5) is 12.0. The van der Waals surface area contributed by atoms with E-state index < -0.39 is 0 Å². The van der Waals surface area contributed by atoms with Crippen molar-refractivity contribution in [2.75, 3.05) is 18.4 Å². The fourth-order valence-electron chi connectivity index (χ4n) is 2.51. The van der Waals surface area contributed by atoms with Crippen LogP contribution >= 0.6 is 0 Å². The molecule has 1 saturated heterocycles. The monoisotopic (exact) mass is 250 g/mol. The van der Waals surface area contributed by atoms with Crippen molar-refractivity contribution in [3.05, 3.63) is 11.4 Å². The molecule has 18 heavy (non-hydrogen) atoms. The fourth-order valence-corrected chi connectivity index (χ4v) is 2.51. The lowest BCUT2D eigenvalue weighted by molar-refractivity contribution is -0.117. The Labute approximate surface area is 108 Å². The van der Waals surface area contributed by atoms with E-state index in [1.807, 2.05) is 20.9 Å². The van der Waals surface area contributed by atoms with Crippen LogP contribution in [0.25, 0.3) is 0 Å². The largest absolute Gasteiger partial charge is 0.323 e. The highest BCUT2D eigenvalue weighted by molar-refractivity contribution is 5.92. The minimum absolute atomic E-state index is 0.0999. The average Bonchev–Trinajstić information content (AvgIpc) is 2.57. The molecule has 0 bridgehead atoms. The van der Waals surface area contributed by atoms with Crippen molar-refractivity contribution in [3.8, 4) is 0 Å². The summed E-state index contributed by atoms with van der Waals surface area (Å²) >= 11 is 0. The second-order valence-electron chi connectivity index (χ2n) is 5.13. The first-order valence-corrected chi connectivity index (χ1v) is 6.58. The molecular weight excluding hydrogens is 228 g/mol. The van der Waals surface area contributed by atoms with Crippen LogP contribution in [0.5, 0.6) is 0 Å². The third kappa shape index (κ3) is 2.90. The number of nitrogens with zero attached hydrogens (tertiary/aromatic N) is 2. The predicted molar refractivity (Wildman–Crippen MR) is 71.5 cm³/mol. The SMILES string of the molecule is Cc1nn(C)c(C)c1NC(=O)CC1CCCNC1. The molecule has 100 valence electrons. The van der Waals surface area contributed by atoms with Crippen LogP contribution in [0.3, 0.4) is 0 Å². The number of hydrogen-bond donors (Lipinski definition) is 2. The van der Waals surface area contributed by atoms with Crippen molar-refractivity contribution < 1.29 is 4.79 Å². The van der Waals surface area contributed by atoms with Gasteiger partial charge in [0, 0.05) is 13.5 Å². The maximum Gasteiger partial charge on any atom is 0.224 e. The van der Waals surface area contributed by atoms with Gasteiger partial charge < -0.3 is 10.6 Å². The van der Waals surface area contributed by atoms with Gasteiger partial charge in [-0.25, -0.2) is 0 Å². The molecule has 0 saturated carbocycles. The molecule has 5 nitrogen and oxygen atoms in total. The highest BCUT2D eigenvalue weighted by atomic mass is 16.1. The van der Waals surface area contributed by atoms with Crippen molar-refractivity contribution in [2.24, 2.45) is 13.0 Å². The lowest BCUT2D eigenvalue weighted by Gasteiger charge is -2.22. The number of nitrogens with one attached hydrogen (secondary N) is 2. The van der Waals surface area contributed by atoms with Crippen LogP contribution < -0.4 is 10.6 Å². The smallest absolute Gasteiger partial charge is 0.224 e. The standard InChI is InChI=1S/C13H22N4O/c1-9-13(10(2)17(3)16-9)15-12(18)7-11-5-4-6-14-8-11/h11,14H,4-8H2,1-3H3,(H,15,18). The van der Waals surface area contributed by atoms with Crippen LogP contribution in [0.4, 0.5) is 5.69 Å². The van der Waals surface area contributed by atoms with Crippen molar-refractivity contribution >= 4 is 11.6 Å². The van der Waals surface area contributed by atoms with Crippen molar-refractivity contribution in [3.63, 3.8) is 0 Å². The molecule has 1 atom stereocenters. The zero-order chi connectivity index (χ0) is 13.1. The van der Waals surface area contributed by atoms with Crippen LogP contribution in [0.2, 0.25) is 0 Å². The Hall–Kier alpha value is -1.36. The summed E-state index contributed by atoms with van der Waals surface area (Å²) in [5.74, 6) is 0.568. The molecule has 1 amide bonds. The summed E-state index contributed by atoms with van der Waals surface area (Å²) in [6.07, 6.45) is 2.91. The van der Waals surface area contributed by atoms with E-state index in [1.54, 1.807) is 4.68 Å². The molecule has 2 rings (SSSR count). The number of aryl methyl sites for hydroxylation is 2. The fraction of sp³-hybridized carbons (Fsp3) is 0.692. The summed E-state index contributed by atoms with van der Waals surface area (Å²) < 4.78 is 1.80. The lowest BCUT2D eigenvalue weighted by Crippen LogP contribution is -2.32. The maximum absolute atomic E-state index is 12.0. The van der Waals surface area contributed by atoms with Gasteiger partial charge in [0.2, 0.25) is 5.91 Å². The molecule has 1 aromatic rings. The third-order valence-corrected chi connectivity index (χ3v) is 3.65. The molecule has 1 aliphatic rings. The number of carbonyl (C=O) groups excluding carboxylic acids is 1. The van der Waals surface area contributed by atoms with Gasteiger partial charge in [-0.15, -0.1) is 0 Å². The van der Waals surface area contributed by atoms with Gasteiger partial charge in [0.1, 0.15) is 0 Å². The molecule has 0 spiro atoms. The zero-order valence-electron chi connectivity index (χ0n) is 11.4. The molecule has 0 radical (unpaired) electrons. The van der Waals surface area contributed by atoms with Crippen LogP contribution in [0.1, 0.15) is 30.7 Å². The van der Waals surface area contributed by atoms with Crippen LogP contribution in [0.15, 0.2) is 0 Å². The number of piperidine rings is 1. The summed E-state index contributed by atoms with van der Waals surface area (Å²) in [5.41, 5.74) is 2.75. The van der Waals surface area contributed by atoms with Gasteiger partial charge in [0.15, 0.2) is 0 Å². The van der Waals surface area contributed by atoms with Gasteiger partial charge >= 0.3 is 0 Å². The van der Waals surface area contributed by atoms with Crippen molar-refractivity contribution in [1.29, 1.82) is 0 Å². The Morgan fingerprint density at radius 1 is 1.56 bits per heavy atom. The number of rotatable bonds is 3. The first kappa shape index (κ1) is 13.1. The van der Waals surface area contributed by atoms with Crippen molar-refractivity contribution in [1.82, 2.24) is 15.1 Å². The van der Waals surface area contributed by atoms with E-state index in [2.05, 4.69) is 15.7 Å². The van der Waals surface area contributed by atoms with Gasteiger partial charge in [-0.2, -0.15) is 5.10 Å². The summed E-state index contributed by atoms with van der Waals surface area (Å²) in [6.45, 7) is 5.93. The molecule has 5 heteroatoms. The van der Waals surface area contributed by atoms with Gasteiger partial charge in [0.25, 0.3) is 0 Å². The Bertz CT molecular complexity index is 432. The van der Waals surface area contributed by atoms with E-state index in [1.165, 1.54) is 6.42 Å². The Morgan fingerprint density at radius 3 is 2.89 bits per heavy atom. The number of hydrogen-bond acceptors (Lipinski definition) is 3. The first-order chi connectivity index (χ1) is 8.58. The number of carbonyl (C=O) groups is 1. The van der Waals surface area contributed by atoms with Crippen LogP contribution in [-0.2, 0) is 11.8 Å². The highest BCUT2D eigenvalue weighted by Gasteiger charge is 2.18. The average molecular weight is 250 g/mol. The van der Waals surface area contributed by atoms with Gasteiger partial charge in [-0.3, -0.25) is 9.48 Å². The zero-order valence-corrected chi connectivity index (χ0v) is 11.4. The number of amides is 1. The second-order valence-corrected chi connectivity index (χ2v) is 5.13. The van der Waals surface area contributed by atoms with E-state index in [4.69, 9.17) is 0 Å². The summed E-state index contributed by atoms with van der Waals surface area (Å²) in [5, 5.41) is 10.6. The molecule has 1 fully saturated rings. The van der Waals surface area contributed by atoms with E-state index >= 15 is 0 Å². The summed E-state index contributed by atoms with van der Waals surface area (Å²) in [6, 6.07) is 0. The quantitative estimate of drug-likeness (QED) is 0.851. The van der Waals surface area contributed by atoms with Gasteiger partial charge in [-0.05, 0) is 45.7 Å². The molecule has 0 aromatic carbocycles. The van der Waals surface area contributed by atoms with E-state index in [9.17, 15) is 4.79 Å². The van der Waals surface area contributed by atoms with E-state index in [0.717, 1.165) is 36.6 Å². The number of aromatic nitrogens is 2. The molecule has 0 aliphatic carbocycles. The molecule has 1 aromatic heterocycles. The van der Waals surface area contributed by atoms with Crippen LogP contribution in [0, 0.1) is 19.8 Å². The molecule has 2 N–H and O–H groups in total. The maximum atomic E-state index is 12.0. The Kier molecular flexibility index (Phi) is 4.01. The van der Waals surface area contributed by atoms with E-state index in [-0.39, 0.29) is 5.91 Å². The Morgan fingerprint density at radius 2 is 2.33 bits per heavy atom. The molecule has 2 heterocycles. The first-order valence-electron chi connectivity index (χ1n) is 6.58. The summed E-state index contributed by atoms with van der Waals surface area (Å²) in [7, 11) is 1.89. The van der Waals surface area contributed by atoms with Gasteiger partial charge in [0.05, 0.1) is 17.1 Å². The number of anilines is 1. The second kappa shape index (κ2) is 5.52. The van der Waals surface area contributed by atoms with Gasteiger partial charge in [-0.1, -0.05) is 0 Å². The topological polar surface area (TPSA) is 59.0 Å². The van der Waals surface area contributed by atoms with E-state index in [0.29, 0.717) is 12.3 Å². The van der Waals surface area contributed by atoms with Crippen LogP contribution in [-0.4, -0.2) is 28.8 Å². The highest BCUT2D eigenvalue weighted by Crippen LogP contribution is 2.20. The molecule has 1 unspecified atom stereocenters. The molecular formula is C13H22N4O. The predicted octanol–water partition coefficient (Wildman–Crippen LogP) is 1.37. The normalized spacial score (nSPS) is 19.8. The molecule has 1 aliphatic heterocycles. The van der Waals surface area contributed by atoms with Crippen molar-refractivity contribution in [2.45, 2.75) is 33.1 Å². The Balaban J connectivity index is 1.94. The lowest BCUT2D eigenvalue weighted by atomic mass is 9.96. The third-order valence-electron chi connectivity index (χ3n) is 3.65. The minimum atomic E-state index is 0.0999. The minimum Gasteiger partial charge on any atom is -0.323 e.